The molecular weight excluding hydrogens is 438 g/mol. The van der Waals surface area contributed by atoms with Crippen LogP contribution in [0.15, 0.2) is 91.0 Å². The molecule has 1 aliphatic rings. The Balaban J connectivity index is 1.58. The number of rotatable bonds is 6. The molecule has 7 nitrogen and oxygen atoms in total. The molecule has 7 heteroatoms. The molecule has 5 rings (SSSR count). The van der Waals surface area contributed by atoms with E-state index in [9.17, 15) is 14.9 Å². The van der Waals surface area contributed by atoms with E-state index < -0.39 is 11.6 Å². The van der Waals surface area contributed by atoms with Crippen LogP contribution in [0.3, 0.4) is 0 Å². The van der Waals surface area contributed by atoms with Gasteiger partial charge in [-0.05, 0) is 30.2 Å². The van der Waals surface area contributed by atoms with Crippen molar-refractivity contribution in [2.24, 2.45) is 0 Å². The summed E-state index contributed by atoms with van der Waals surface area (Å²) < 4.78 is 1.63. The summed E-state index contributed by atoms with van der Waals surface area (Å²) in [6.45, 7) is 1.67. The molecule has 3 aromatic carbocycles. The summed E-state index contributed by atoms with van der Waals surface area (Å²) in [4.78, 5) is 28.5. The van der Waals surface area contributed by atoms with E-state index >= 15 is 0 Å². The minimum atomic E-state index is -1.25. The molecule has 0 radical (unpaired) electrons. The van der Waals surface area contributed by atoms with Gasteiger partial charge in [-0.1, -0.05) is 78.9 Å². The van der Waals surface area contributed by atoms with Crippen molar-refractivity contribution in [1.29, 1.82) is 5.26 Å². The molecule has 1 atom stereocenters. The lowest BCUT2D eigenvalue weighted by Gasteiger charge is -2.27. The van der Waals surface area contributed by atoms with Gasteiger partial charge in [0.2, 0.25) is 0 Å². The molecule has 2 heterocycles. The predicted molar refractivity (Wildman–Crippen MR) is 130 cm³/mol. The number of para-hydroxylation sites is 1. The summed E-state index contributed by atoms with van der Waals surface area (Å²) in [7, 11) is 0. The van der Waals surface area contributed by atoms with Gasteiger partial charge in [0, 0.05) is 6.42 Å². The van der Waals surface area contributed by atoms with Crippen molar-refractivity contribution in [3.8, 4) is 11.8 Å². The molecule has 0 bridgehead atoms. The zero-order valence-corrected chi connectivity index (χ0v) is 19.2. The zero-order chi connectivity index (χ0) is 24.4. The van der Waals surface area contributed by atoms with Crippen LogP contribution in [0.1, 0.15) is 28.1 Å². The molecule has 4 aromatic rings. The van der Waals surface area contributed by atoms with Crippen molar-refractivity contribution in [2.75, 3.05) is 0 Å². The Morgan fingerprint density at radius 1 is 0.914 bits per heavy atom. The number of nitrogens with one attached hydrogen (secondary N) is 1. The highest BCUT2D eigenvalue weighted by Crippen LogP contribution is 2.34. The molecule has 0 aliphatic carbocycles. The first kappa shape index (κ1) is 22.1. The zero-order valence-electron chi connectivity index (χ0n) is 19.2. The maximum Gasteiger partial charge on any atom is 0.325 e. The lowest BCUT2D eigenvalue weighted by atomic mass is 9.83. The Morgan fingerprint density at radius 3 is 2.14 bits per heavy atom. The monoisotopic (exact) mass is 461 g/mol. The Hall–Kier alpha value is -4.70. The van der Waals surface area contributed by atoms with Gasteiger partial charge in [-0.2, -0.15) is 10.4 Å². The van der Waals surface area contributed by atoms with E-state index in [4.69, 9.17) is 0 Å². The van der Waals surface area contributed by atoms with Crippen LogP contribution in [0.2, 0.25) is 0 Å². The summed E-state index contributed by atoms with van der Waals surface area (Å²) in [6.07, 6.45) is 0.307. The van der Waals surface area contributed by atoms with E-state index in [1.807, 2.05) is 91.0 Å². The molecule has 1 N–H and O–H groups in total. The normalized spacial score (nSPS) is 17.3. The molecule has 3 amide bonds. The third-order valence-electron chi connectivity index (χ3n) is 6.33. The average molecular weight is 462 g/mol. The van der Waals surface area contributed by atoms with Crippen molar-refractivity contribution in [2.45, 2.75) is 25.4 Å². The third-order valence-corrected chi connectivity index (χ3v) is 6.33. The van der Waals surface area contributed by atoms with Gasteiger partial charge in [-0.15, -0.1) is 0 Å². The van der Waals surface area contributed by atoms with Crippen molar-refractivity contribution in [3.63, 3.8) is 0 Å². The van der Waals surface area contributed by atoms with Crippen LogP contribution in [0.25, 0.3) is 5.69 Å². The van der Waals surface area contributed by atoms with Crippen LogP contribution in [-0.2, 0) is 23.3 Å². The fraction of sp³-hybridized carbons (Fsp3) is 0.143. The van der Waals surface area contributed by atoms with Gasteiger partial charge in [0.25, 0.3) is 5.91 Å². The second-order valence-electron chi connectivity index (χ2n) is 8.52. The number of benzene rings is 3. The van der Waals surface area contributed by atoms with Gasteiger partial charge in [0.15, 0.2) is 5.54 Å². The van der Waals surface area contributed by atoms with E-state index in [2.05, 4.69) is 16.5 Å². The van der Waals surface area contributed by atoms with E-state index in [0.717, 1.165) is 11.3 Å². The Bertz CT molecular complexity index is 1420. The number of aromatic nitrogens is 2. The molecule has 1 unspecified atom stereocenters. The summed E-state index contributed by atoms with van der Waals surface area (Å²) in [6, 6.07) is 30.0. The molecule has 35 heavy (non-hydrogen) atoms. The summed E-state index contributed by atoms with van der Waals surface area (Å²) in [5, 5.41) is 17.3. The van der Waals surface area contributed by atoms with Crippen LogP contribution >= 0.6 is 0 Å². The molecule has 0 spiro atoms. The number of nitrogens with zero attached hydrogens (tertiary/aromatic N) is 4. The second-order valence-corrected chi connectivity index (χ2v) is 8.52. The van der Waals surface area contributed by atoms with E-state index in [-0.39, 0.29) is 12.5 Å². The lowest BCUT2D eigenvalue weighted by molar-refractivity contribution is -0.132. The SMILES string of the molecule is Cc1nn(-c2ccccc2)c(CN2C(=O)NC(Cc3ccccc3)(c3ccccc3)C2=O)c1C#N. The Labute approximate surface area is 203 Å². The van der Waals surface area contributed by atoms with Crippen LogP contribution in [0.4, 0.5) is 4.79 Å². The quantitative estimate of drug-likeness (QED) is 0.435. The van der Waals surface area contributed by atoms with Gasteiger partial charge in [0.05, 0.1) is 29.2 Å². The number of amides is 3. The van der Waals surface area contributed by atoms with Gasteiger partial charge < -0.3 is 5.32 Å². The summed E-state index contributed by atoms with van der Waals surface area (Å²) in [5.41, 5.74) is 2.51. The van der Waals surface area contributed by atoms with Crippen molar-refractivity contribution in [3.05, 3.63) is 119 Å². The largest absolute Gasteiger partial charge is 0.325 e. The topological polar surface area (TPSA) is 91.0 Å². The summed E-state index contributed by atoms with van der Waals surface area (Å²) >= 11 is 0. The molecule has 1 aromatic heterocycles. The number of carbonyl (C=O) groups is 2. The van der Waals surface area contributed by atoms with E-state index in [1.54, 1.807) is 11.6 Å². The number of urea groups is 1. The molecule has 172 valence electrons. The Kier molecular flexibility index (Phi) is 5.63. The number of nitriles is 1. The van der Waals surface area contributed by atoms with Crippen LogP contribution in [0.5, 0.6) is 0 Å². The highest BCUT2D eigenvalue weighted by Gasteiger charge is 2.52. The van der Waals surface area contributed by atoms with E-state index in [0.29, 0.717) is 28.9 Å². The van der Waals surface area contributed by atoms with Crippen molar-refractivity contribution in [1.82, 2.24) is 20.0 Å². The fourth-order valence-electron chi connectivity index (χ4n) is 4.61. The highest BCUT2D eigenvalue weighted by atomic mass is 16.2. The first-order valence-electron chi connectivity index (χ1n) is 11.3. The molecular formula is C28H23N5O2. The first-order valence-corrected chi connectivity index (χ1v) is 11.3. The third kappa shape index (κ3) is 3.85. The smallest absolute Gasteiger partial charge is 0.319 e. The summed E-state index contributed by atoms with van der Waals surface area (Å²) in [5.74, 6) is -0.361. The second kappa shape index (κ2) is 8.92. The van der Waals surface area contributed by atoms with Crippen LogP contribution in [-0.4, -0.2) is 26.6 Å². The van der Waals surface area contributed by atoms with Crippen LogP contribution in [0, 0.1) is 18.3 Å². The minimum Gasteiger partial charge on any atom is -0.319 e. The predicted octanol–water partition coefficient (Wildman–Crippen LogP) is 4.24. The van der Waals surface area contributed by atoms with Gasteiger partial charge in [0.1, 0.15) is 6.07 Å². The number of hydrogen-bond acceptors (Lipinski definition) is 4. The fourth-order valence-corrected chi connectivity index (χ4v) is 4.61. The molecule has 1 saturated heterocycles. The van der Waals surface area contributed by atoms with E-state index in [1.165, 1.54) is 4.90 Å². The highest BCUT2D eigenvalue weighted by molar-refractivity contribution is 6.07. The van der Waals surface area contributed by atoms with Gasteiger partial charge in [-0.3, -0.25) is 9.69 Å². The average Bonchev–Trinajstić information content (AvgIpc) is 3.34. The van der Waals surface area contributed by atoms with Crippen molar-refractivity contribution >= 4 is 11.9 Å². The lowest BCUT2D eigenvalue weighted by Crippen LogP contribution is -2.46. The van der Waals surface area contributed by atoms with Crippen LogP contribution < -0.4 is 5.32 Å². The number of hydrogen-bond donors (Lipinski definition) is 1. The first-order chi connectivity index (χ1) is 17.0. The van der Waals surface area contributed by atoms with Crippen molar-refractivity contribution < 1.29 is 9.59 Å². The minimum absolute atomic E-state index is 0.0767. The molecule has 1 aliphatic heterocycles. The van der Waals surface area contributed by atoms with Gasteiger partial charge in [-0.25, -0.2) is 9.48 Å². The standard InChI is InChI=1S/C28H23N5O2/c1-20-24(18-29)25(33(31-20)23-15-9-4-10-16-23)19-32-26(34)28(30-27(32)35,22-13-7-3-8-14-22)17-21-11-5-2-6-12-21/h2-16H,17,19H2,1H3,(H,30,35). The maximum absolute atomic E-state index is 14.0. The number of imide groups is 1. The Morgan fingerprint density at radius 2 is 1.51 bits per heavy atom. The number of aryl methyl sites for hydroxylation is 1. The number of carbonyl (C=O) groups excluding carboxylic acids is 2. The molecule has 0 saturated carbocycles. The molecule has 1 fully saturated rings. The van der Waals surface area contributed by atoms with Gasteiger partial charge >= 0.3 is 6.03 Å². The maximum atomic E-state index is 14.0.